The number of anilines is 2. The van der Waals surface area contributed by atoms with Crippen molar-refractivity contribution >= 4 is 60.6 Å². The lowest BCUT2D eigenvalue weighted by molar-refractivity contribution is -0.114. The molecule has 184 valence electrons. The molecule has 1 atom stereocenters. The molecule has 0 fully saturated rings. The van der Waals surface area contributed by atoms with Gasteiger partial charge in [-0.1, -0.05) is 24.3 Å². The number of hydrogen-bond acceptors (Lipinski definition) is 8. The Hall–Kier alpha value is -3.83. The molecule has 0 aliphatic heterocycles. The second kappa shape index (κ2) is 10.4. The lowest BCUT2D eigenvalue weighted by atomic mass is 10.1. The molecule has 1 amide bonds. The van der Waals surface area contributed by atoms with Crippen molar-refractivity contribution in [2.75, 3.05) is 16.9 Å². The standard InChI is InChI=1S/C22H18F3N8OPS/c1-36-21-14-5-3-2-4-13(14)16(11-28-21)32-18(22(23,24)25)15(9-26)20(34)31-12-8-17(35)19(27-10-12)33-29-6-7-30-33/h2-11,26,32H,35H2,1H3,(H,31,34)/b18-15+,26-9?. The molecule has 0 spiro atoms. The Morgan fingerprint density at radius 2 is 1.81 bits per heavy atom. The second-order valence-corrected chi connectivity index (χ2v) is 8.61. The summed E-state index contributed by atoms with van der Waals surface area (Å²) in [5, 5.41) is 22.5. The molecule has 0 saturated carbocycles. The van der Waals surface area contributed by atoms with Crippen molar-refractivity contribution in [3.8, 4) is 5.82 Å². The average Bonchev–Trinajstić information content (AvgIpc) is 3.38. The molecule has 0 aliphatic rings. The first-order valence-corrected chi connectivity index (χ1v) is 12.0. The Morgan fingerprint density at radius 1 is 1.11 bits per heavy atom. The van der Waals surface area contributed by atoms with E-state index >= 15 is 0 Å². The van der Waals surface area contributed by atoms with Crippen LogP contribution in [0.2, 0.25) is 0 Å². The molecule has 1 aromatic carbocycles. The number of benzene rings is 1. The molecule has 3 aromatic heterocycles. The van der Waals surface area contributed by atoms with Gasteiger partial charge in [-0.15, -0.1) is 25.8 Å². The van der Waals surface area contributed by atoms with Crippen LogP contribution in [0, 0.1) is 5.41 Å². The van der Waals surface area contributed by atoms with E-state index in [9.17, 15) is 18.0 Å². The summed E-state index contributed by atoms with van der Waals surface area (Å²) in [6, 6.07) is 8.33. The summed E-state index contributed by atoms with van der Waals surface area (Å²) in [4.78, 5) is 22.5. The van der Waals surface area contributed by atoms with Crippen LogP contribution in [0.3, 0.4) is 0 Å². The number of nitrogens with zero attached hydrogens (tertiary/aromatic N) is 5. The van der Waals surface area contributed by atoms with E-state index in [2.05, 4.69) is 40.0 Å². The number of allylic oxidation sites excluding steroid dienone is 1. The zero-order valence-corrected chi connectivity index (χ0v) is 20.5. The highest BCUT2D eigenvalue weighted by atomic mass is 32.2. The molecular formula is C22H18F3N8OPS. The van der Waals surface area contributed by atoms with Gasteiger partial charge in [0.05, 0.1) is 41.7 Å². The maximum atomic E-state index is 14.1. The molecule has 0 aliphatic carbocycles. The molecule has 0 bridgehead atoms. The van der Waals surface area contributed by atoms with Crippen LogP contribution in [0.1, 0.15) is 0 Å². The first-order valence-electron chi connectivity index (χ1n) is 10.2. The van der Waals surface area contributed by atoms with Crippen LogP contribution in [0.15, 0.2) is 71.4 Å². The number of rotatable bonds is 7. The van der Waals surface area contributed by atoms with Gasteiger partial charge in [0.1, 0.15) is 10.7 Å². The number of halogens is 3. The van der Waals surface area contributed by atoms with Crippen molar-refractivity contribution in [3.63, 3.8) is 0 Å². The minimum absolute atomic E-state index is 0.0489. The van der Waals surface area contributed by atoms with E-state index in [0.29, 0.717) is 33.1 Å². The Labute approximate surface area is 209 Å². The van der Waals surface area contributed by atoms with Crippen LogP contribution in [-0.4, -0.2) is 49.5 Å². The number of thioether (sulfide) groups is 1. The number of alkyl halides is 3. The number of pyridine rings is 2. The van der Waals surface area contributed by atoms with Gasteiger partial charge in [-0.05, 0) is 12.3 Å². The molecule has 3 N–H and O–H groups in total. The van der Waals surface area contributed by atoms with E-state index in [1.807, 2.05) is 6.26 Å². The maximum Gasteiger partial charge on any atom is 0.432 e. The molecule has 0 saturated heterocycles. The third-order valence-electron chi connectivity index (χ3n) is 4.91. The molecular weight excluding hydrogens is 512 g/mol. The van der Waals surface area contributed by atoms with E-state index in [1.54, 1.807) is 24.3 Å². The number of hydrogen-bond donors (Lipinski definition) is 3. The van der Waals surface area contributed by atoms with Crippen molar-refractivity contribution in [2.24, 2.45) is 0 Å². The second-order valence-electron chi connectivity index (χ2n) is 7.19. The Morgan fingerprint density at radius 3 is 2.42 bits per heavy atom. The summed E-state index contributed by atoms with van der Waals surface area (Å²) >= 11 is 1.36. The molecule has 4 rings (SSSR count). The molecule has 14 heteroatoms. The van der Waals surface area contributed by atoms with Crippen molar-refractivity contribution < 1.29 is 18.0 Å². The Kier molecular flexibility index (Phi) is 7.32. The lowest BCUT2D eigenvalue weighted by Crippen LogP contribution is -2.28. The van der Waals surface area contributed by atoms with Crippen molar-refractivity contribution in [1.29, 1.82) is 5.41 Å². The zero-order chi connectivity index (χ0) is 25.9. The monoisotopic (exact) mass is 530 g/mol. The van der Waals surface area contributed by atoms with Crippen molar-refractivity contribution in [2.45, 2.75) is 11.2 Å². The molecule has 36 heavy (non-hydrogen) atoms. The molecule has 4 aromatic rings. The number of carbonyl (C=O) groups is 1. The molecule has 1 unspecified atom stereocenters. The predicted octanol–water partition coefficient (Wildman–Crippen LogP) is 3.95. The summed E-state index contributed by atoms with van der Waals surface area (Å²) in [6.07, 6.45) is 2.64. The fourth-order valence-electron chi connectivity index (χ4n) is 3.34. The maximum absolute atomic E-state index is 14.1. The minimum Gasteiger partial charge on any atom is -0.349 e. The van der Waals surface area contributed by atoms with Crippen molar-refractivity contribution in [1.82, 2.24) is 25.0 Å². The SMILES string of the molecule is CSc1ncc(N/C(=C(\C=N)C(=O)Nc2cnc(-n3nccn3)c(P)c2)C(F)(F)F)c2ccccc12. The van der Waals surface area contributed by atoms with E-state index in [0.717, 1.165) is 0 Å². The summed E-state index contributed by atoms with van der Waals surface area (Å²) < 4.78 is 42.3. The lowest BCUT2D eigenvalue weighted by Gasteiger charge is -2.19. The van der Waals surface area contributed by atoms with Crippen LogP contribution in [-0.2, 0) is 4.79 Å². The fraction of sp³-hybridized carbons (Fsp3) is 0.0909. The van der Waals surface area contributed by atoms with Gasteiger partial charge < -0.3 is 16.0 Å². The van der Waals surface area contributed by atoms with E-state index < -0.39 is 23.4 Å². The fourth-order valence-corrected chi connectivity index (χ4v) is 4.26. The van der Waals surface area contributed by atoms with Gasteiger partial charge in [-0.3, -0.25) is 4.79 Å². The van der Waals surface area contributed by atoms with Gasteiger partial charge in [0, 0.05) is 22.3 Å². The first-order chi connectivity index (χ1) is 17.2. The summed E-state index contributed by atoms with van der Waals surface area (Å²) in [7, 11) is 2.40. The number of fused-ring (bicyclic) bond motifs is 1. The third-order valence-corrected chi connectivity index (χ3v) is 6.05. The van der Waals surface area contributed by atoms with Crippen LogP contribution in [0.25, 0.3) is 16.6 Å². The van der Waals surface area contributed by atoms with Gasteiger partial charge in [0.15, 0.2) is 5.82 Å². The first kappa shape index (κ1) is 25.3. The highest BCUT2D eigenvalue weighted by molar-refractivity contribution is 7.98. The van der Waals surface area contributed by atoms with Crippen LogP contribution < -0.4 is 15.9 Å². The Bertz CT molecular complexity index is 1470. The number of amides is 1. The number of carbonyl (C=O) groups excluding carboxylic acids is 1. The number of nitrogens with one attached hydrogen (secondary N) is 3. The normalized spacial score (nSPS) is 12.2. The largest absolute Gasteiger partial charge is 0.432 e. The van der Waals surface area contributed by atoms with Crippen LogP contribution in [0.5, 0.6) is 0 Å². The summed E-state index contributed by atoms with van der Waals surface area (Å²) in [6.45, 7) is 0. The summed E-state index contributed by atoms with van der Waals surface area (Å²) in [5.74, 6) is -0.782. The van der Waals surface area contributed by atoms with Crippen LogP contribution >= 0.6 is 21.0 Å². The van der Waals surface area contributed by atoms with Gasteiger partial charge in [0.25, 0.3) is 5.91 Å². The van der Waals surface area contributed by atoms with Gasteiger partial charge in [-0.25, -0.2) is 9.97 Å². The van der Waals surface area contributed by atoms with E-state index in [-0.39, 0.29) is 11.4 Å². The number of aromatic nitrogens is 5. The quantitative estimate of drug-likeness (QED) is 0.143. The van der Waals surface area contributed by atoms with Gasteiger partial charge >= 0.3 is 6.18 Å². The van der Waals surface area contributed by atoms with Gasteiger partial charge in [0.2, 0.25) is 0 Å². The van der Waals surface area contributed by atoms with E-state index in [4.69, 9.17) is 5.41 Å². The molecule has 0 radical (unpaired) electrons. The molecule has 9 nitrogen and oxygen atoms in total. The minimum atomic E-state index is -4.97. The summed E-state index contributed by atoms with van der Waals surface area (Å²) in [5.41, 5.74) is -2.13. The predicted molar refractivity (Wildman–Crippen MR) is 136 cm³/mol. The van der Waals surface area contributed by atoms with Crippen LogP contribution in [0.4, 0.5) is 24.5 Å². The van der Waals surface area contributed by atoms with Crippen molar-refractivity contribution in [3.05, 3.63) is 66.4 Å². The zero-order valence-electron chi connectivity index (χ0n) is 18.5. The topological polar surface area (TPSA) is 121 Å². The van der Waals surface area contributed by atoms with E-state index in [1.165, 1.54) is 47.4 Å². The Balaban J connectivity index is 1.70. The highest BCUT2D eigenvalue weighted by Gasteiger charge is 2.38. The molecule has 3 heterocycles. The third kappa shape index (κ3) is 5.21. The highest BCUT2D eigenvalue weighted by Crippen LogP contribution is 2.34. The smallest absolute Gasteiger partial charge is 0.349 e. The van der Waals surface area contributed by atoms with Gasteiger partial charge in [-0.2, -0.15) is 23.4 Å². The average molecular weight is 530 g/mol.